The number of carbonyl (C=O) groups is 1. The molecule has 3 nitrogen and oxygen atoms in total. The molecule has 0 spiro atoms. The highest BCUT2D eigenvalue weighted by Gasteiger charge is 2.30. The van der Waals surface area contributed by atoms with Crippen LogP contribution in [0.15, 0.2) is 24.3 Å². The summed E-state index contributed by atoms with van der Waals surface area (Å²) in [5.41, 5.74) is -0.777. The lowest BCUT2D eigenvalue weighted by Crippen LogP contribution is -2.08. The van der Waals surface area contributed by atoms with Crippen LogP contribution in [0.3, 0.4) is 0 Å². The maximum atomic E-state index is 12.3. The van der Waals surface area contributed by atoms with Crippen molar-refractivity contribution in [3.63, 3.8) is 0 Å². The molecule has 0 aromatic heterocycles. The van der Waals surface area contributed by atoms with Crippen LogP contribution in [0.2, 0.25) is 0 Å². The normalized spacial score (nSPS) is 10.9. The van der Waals surface area contributed by atoms with Gasteiger partial charge < -0.3 is 9.47 Å². The van der Waals surface area contributed by atoms with Crippen molar-refractivity contribution in [2.24, 2.45) is 0 Å². The summed E-state index contributed by atoms with van der Waals surface area (Å²) in [5.74, 6) is 0.0873. The number of ether oxygens (including phenoxy) is 2. The summed E-state index contributed by atoms with van der Waals surface area (Å²) in [6, 6.07) is 4.49. The Kier molecular flexibility index (Phi) is 4.16. The van der Waals surface area contributed by atoms with Crippen LogP contribution in [0.1, 0.15) is 5.56 Å². The first kappa shape index (κ1) is 12.4. The summed E-state index contributed by atoms with van der Waals surface area (Å²) >= 11 is 0. The van der Waals surface area contributed by atoms with Crippen LogP contribution in [-0.2, 0) is 15.7 Å². The van der Waals surface area contributed by atoms with Gasteiger partial charge in [-0.2, -0.15) is 13.2 Å². The Bertz CT molecular complexity index is 349. The summed E-state index contributed by atoms with van der Waals surface area (Å²) in [5, 5.41) is 0. The molecule has 0 aliphatic heterocycles. The average Bonchev–Trinajstić information content (AvgIpc) is 2.24. The zero-order valence-corrected chi connectivity index (χ0v) is 8.16. The zero-order chi connectivity index (χ0) is 12.0. The molecule has 0 unspecified atom stereocenters. The van der Waals surface area contributed by atoms with Gasteiger partial charge in [-0.15, -0.1) is 0 Å². The minimum absolute atomic E-state index is 0.000253. The molecule has 0 fully saturated rings. The monoisotopic (exact) mass is 234 g/mol. The highest BCUT2D eigenvalue weighted by molar-refractivity contribution is 5.36. The van der Waals surface area contributed by atoms with Gasteiger partial charge in [-0.05, 0) is 18.2 Å². The van der Waals surface area contributed by atoms with E-state index in [2.05, 4.69) is 4.74 Å². The Morgan fingerprint density at radius 1 is 1.25 bits per heavy atom. The van der Waals surface area contributed by atoms with E-state index in [0.29, 0.717) is 0 Å². The van der Waals surface area contributed by atoms with Gasteiger partial charge in [-0.1, -0.05) is 6.07 Å². The molecule has 0 saturated heterocycles. The topological polar surface area (TPSA) is 35.5 Å². The minimum Gasteiger partial charge on any atom is -0.490 e. The van der Waals surface area contributed by atoms with Crippen LogP contribution < -0.4 is 4.74 Å². The van der Waals surface area contributed by atoms with Crippen molar-refractivity contribution < 1.29 is 27.4 Å². The number of hydrogen-bond acceptors (Lipinski definition) is 3. The summed E-state index contributed by atoms with van der Waals surface area (Å²) in [7, 11) is 0. The Morgan fingerprint density at radius 2 is 2.00 bits per heavy atom. The second-order valence-corrected chi connectivity index (χ2v) is 2.84. The van der Waals surface area contributed by atoms with Crippen molar-refractivity contribution >= 4 is 6.47 Å². The fourth-order valence-corrected chi connectivity index (χ4v) is 1.02. The SMILES string of the molecule is O=COCCOc1cccc(C(F)(F)F)c1. The van der Waals surface area contributed by atoms with Crippen molar-refractivity contribution in [1.82, 2.24) is 0 Å². The van der Waals surface area contributed by atoms with Gasteiger partial charge in [0.05, 0.1) is 5.56 Å². The van der Waals surface area contributed by atoms with E-state index in [-0.39, 0.29) is 25.4 Å². The van der Waals surface area contributed by atoms with Crippen LogP contribution in [0.5, 0.6) is 5.75 Å². The maximum absolute atomic E-state index is 12.3. The van der Waals surface area contributed by atoms with Crippen LogP contribution in [0.25, 0.3) is 0 Å². The molecular weight excluding hydrogens is 225 g/mol. The van der Waals surface area contributed by atoms with E-state index in [1.165, 1.54) is 12.1 Å². The molecule has 88 valence electrons. The lowest BCUT2D eigenvalue weighted by atomic mass is 10.2. The summed E-state index contributed by atoms with van der Waals surface area (Å²) in [6.07, 6.45) is -4.39. The number of benzene rings is 1. The summed E-state index contributed by atoms with van der Waals surface area (Å²) < 4.78 is 46.1. The van der Waals surface area contributed by atoms with Crippen LogP contribution in [-0.4, -0.2) is 19.7 Å². The minimum atomic E-state index is -4.39. The van der Waals surface area contributed by atoms with Crippen LogP contribution in [0, 0.1) is 0 Å². The van der Waals surface area contributed by atoms with Gasteiger partial charge in [0, 0.05) is 0 Å². The standard InChI is InChI=1S/C10H9F3O3/c11-10(12,13)8-2-1-3-9(6-8)16-5-4-15-7-14/h1-3,6-7H,4-5H2. The van der Waals surface area contributed by atoms with Crippen molar-refractivity contribution in [3.8, 4) is 5.75 Å². The molecule has 0 bridgehead atoms. The Balaban J connectivity index is 2.57. The van der Waals surface area contributed by atoms with Crippen LogP contribution >= 0.6 is 0 Å². The summed E-state index contributed by atoms with van der Waals surface area (Å²) in [4.78, 5) is 9.78. The molecule has 0 saturated carbocycles. The van der Waals surface area contributed by atoms with Crippen molar-refractivity contribution in [3.05, 3.63) is 29.8 Å². The van der Waals surface area contributed by atoms with E-state index in [4.69, 9.17) is 4.74 Å². The lowest BCUT2D eigenvalue weighted by molar-refractivity contribution is -0.137. The Labute approximate surface area is 89.8 Å². The second kappa shape index (κ2) is 5.39. The van der Waals surface area contributed by atoms with Gasteiger partial charge in [0.2, 0.25) is 0 Å². The van der Waals surface area contributed by atoms with Crippen molar-refractivity contribution in [2.75, 3.05) is 13.2 Å². The van der Waals surface area contributed by atoms with E-state index in [0.717, 1.165) is 12.1 Å². The fourth-order valence-electron chi connectivity index (χ4n) is 1.02. The lowest BCUT2D eigenvalue weighted by Gasteiger charge is -2.09. The summed E-state index contributed by atoms with van der Waals surface area (Å²) in [6.45, 7) is 0.259. The van der Waals surface area contributed by atoms with E-state index in [9.17, 15) is 18.0 Å². The Hall–Kier alpha value is -1.72. The largest absolute Gasteiger partial charge is 0.490 e. The number of carbonyl (C=O) groups excluding carboxylic acids is 1. The third-order valence-corrected chi connectivity index (χ3v) is 1.70. The van der Waals surface area contributed by atoms with E-state index >= 15 is 0 Å². The highest BCUT2D eigenvalue weighted by atomic mass is 19.4. The second-order valence-electron chi connectivity index (χ2n) is 2.84. The molecule has 6 heteroatoms. The van der Waals surface area contributed by atoms with Gasteiger partial charge in [0.15, 0.2) is 0 Å². The first-order valence-electron chi connectivity index (χ1n) is 4.39. The first-order chi connectivity index (χ1) is 7.54. The van der Waals surface area contributed by atoms with E-state index in [1.54, 1.807) is 0 Å². The van der Waals surface area contributed by atoms with Gasteiger partial charge in [-0.25, -0.2) is 0 Å². The zero-order valence-electron chi connectivity index (χ0n) is 8.16. The quantitative estimate of drug-likeness (QED) is 0.579. The average molecular weight is 234 g/mol. The maximum Gasteiger partial charge on any atom is 0.416 e. The molecule has 1 aromatic carbocycles. The number of halogens is 3. The molecule has 0 atom stereocenters. The number of rotatable bonds is 5. The molecule has 16 heavy (non-hydrogen) atoms. The molecule has 1 aromatic rings. The van der Waals surface area contributed by atoms with Crippen LogP contribution in [0.4, 0.5) is 13.2 Å². The van der Waals surface area contributed by atoms with Crippen molar-refractivity contribution in [2.45, 2.75) is 6.18 Å². The fraction of sp³-hybridized carbons (Fsp3) is 0.300. The van der Waals surface area contributed by atoms with E-state index in [1.807, 2.05) is 0 Å². The molecule has 0 amide bonds. The predicted octanol–water partition coefficient (Wildman–Crippen LogP) is 2.26. The highest BCUT2D eigenvalue weighted by Crippen LogP contribution is 2.31. The molecule has 1 rings (SSSR count). The predicted molar refractivity (Wildman–Crippen MR) is 49.0 cm³/mol. The molecule has 0 radical (unpaired) electrons. The van der Waals surface area contributed by atoms with Gasteiger partial charge in [-0.3, -0.25) is 4.79 Å². The number of alkyl halides is 3. The van der Waals surface area contributed by atoms with Gasteiger partial charge >= 0.3 is 6.18 Å². The molecule has 0 aliphatic rings. The third-order valence-electron chi connectivity index (χ3n) is 1.70. The number of hydrogen-bond donors (Lipinski definition) is 0. The molecule has 0 aliphatic carbocycles. The molecular formula is C10H9F3O3. The first-order valence-corrected chi connectivity index (χ1v) is 4.39. The smallest absolute Gasteiger partial charge is 0.416 e. The van der Waals surface area contributed by atoms with Crippen molar-refractivity contribution in [1.29, 1.82) is 0 Å². The molecule has 0 heterocycles. The Morgan fingerprint density at radius 3 is 2.62 bits per heavy atom. The van der Waals surface area contributed by atoms with Gasteiger partial charge in [0.1, 0.15) is 19.0 Å². The van der Waals surface area contributed by atoms with Gasteiger partial charge in [0.25, 0.3) is 6.47 Å². The molecule has 0 N–H and O–H groups in total. The van der Waals surface area contributed by atoms with E-state index < -0.39 is 11.7 Å². The third kappa shape index (κ3) is 3.80.